The van der Waals surface area contributed by atoms with E-state index in [-0.39, 0.29) is 23.9 Å². The minimum Gasteiger partial charge on any atom is -0.351 e. The van der Waals surface area contributed by atoms with Crippen LogP contribution in [-0.2, 0) is 11.3 Å². The molecule has 1 atom stereocenters. The van der Waals surface area contributed by atoms with Gasteiger partial charge in [0.1, 0.15) is 11.2 Å². The van der Waals surface area contributed by atoms with Gasteiger partial charge in [0, 0.05) is 12.1 Å². The Morgan fingerprint density at radius 2 is 1.79 bits per heavy atom. The standard InChI is InChI=1S/C23H31N3O2S/c1-23(22(28)24-16-8-4-2-3-5-9-16)15-25-18-12-13-29-20(18)14-19(25)21(27)26(23)17-10-6-7-11-17/h12-14,16-17H,2-11,15H2,1H3,(H,24,28)/t23-/m1/s1. The molecule has 5 nitrogen and oxygen atoms in total. The van der Waals surface area contributed by atoms with Gasteiger partial charge in [0.2, 0.25) is 5.91 Å². The maximum absolute atomic E-state index is 13.7. The highest BCUT2D eigenvalue weighted by Gasteiger charge is 2.51. The van der Waals surface area contributed by atoms with Gasteiger partial charge in [-0.2, -0.15) is 0 Å². The van der Waals surface area contributed by atoms with Gasteiger partial charge in [-0.3, -0.25) is 9.59 Å². The van der Waals surface area contributed by atoms with Gasteiger partial charge in [-0.05, 0) is 50.1 Å². The maximum Gasteiger partial charge on any atom is 0.271 e. The Hall–Kier alpha value is -1.82. The molecule has 29 heavy (non-hydrogen) atoms. The molecule has 2 amide bonds. The van der Waals surface area contributed by atoms with E-state index < -0.39 is 5.54 Å². The Kier molecular flexibility index (Phi) is 4.93. The van der Waals surface area contributed by atoms with E-state index in [1.807, 2.05) is 17.9 Å². The third-order valence-electron chi connectivity index (χ3n) is 7.33. The quantitative estimate of drug-likeness (QED) is 0.742. The smallest absolute Gasteiger partial charge is 0.271 e. The Morgan fingerprint density at radius 1 is 1.10 bits per heavy atom. The summed E-state index contributed by atoms with van der Waals surface area (Å²) in [5.74, 6) is 0.0671. The van der Waals surface area contributed by atoms with Gasteiger partial charge >= 0.3 is 0 Å². The first-order valence-electron chi connectivity index (χ1n) is 11.3. The van der Waals surface area contributed by atoms with Crippen molar-refractivity contribution < 1.29 is 9.59 Å². The highest BCUT2D eigenvalue weighted by atomic mass is 32.1. The first-order chi connectivity index (χ1) is 14.1. The molecule has 156 valence electrons. The van der Waals surface area contributed by atoms with Crippen molar-refractivity contribution in [1.82, 2.24) is 14.8 Å². The van der Waals surface area contributed by atoms with Gasteiger partial charge in [-0.1, -0.05) is 38.5 Å². The van der Waals surface area contributed by atoms with Gasteiger partial charge in [-0.25, -0.2) is 0 Å². The zero-order valence-electron chi connectivity index (χ0n) is 17.3. The Balaban J connectivity index is 1.51. The third kappa shape index (κ3) is 3.20. The van der Waals surface area contributed by atoms with Crippen LogP contribution in [-0.4, -0.2) is 38.9 Å². The SMILES string of the molecule is C[C@]1(C(=O)NC2CCCCCC2)Cn2c(cc3sccc32)C(=O)N1C1CCCC1. The van der Waals surface area contributed by atoms with Gasteiger partial charge in [0.05, 0.1) is 16.8 Å². The van der Waals surface area contributed by atoms with Crippen LogP contribution in [0, 0.1) is 0 Å². The number of amides is 2. The topological polar surface area (TPSA) is 54.3 Å². The number of aromatic nitrogens is 1. The Bertz CT molecular complexity index is 918. The van der Waals surface area contributed by atoms with E-state index in [1.54, 1.807) is 11.3 Å². The highest BCUT2D eigenvalue weighted by molar-refractivity contribution is 7.17. The molecule has 2 aromatic heterocycles. The van der Waals surface area contributed by atoms with Crippen LogP contribution in [0.15, 0.2) is 17.5 Å². The predicted octanol–water partition coefficient (Wildman–Crippen LogP) is 4.70. The Morgan fingerprint density at radius 3 is 2.52 bits per heavy atom. The van der Waals surface area contributed by atoms with Gasteiger partial charge in [0.25, 0.3) is 5.91 Å². The molecule has 2 aromatic rings. The molecule has 0 unspecified atom stereocenters. The number of thiophene rings is 1. The van der Waals surface area contributed by atoms with Gasteiger partial charge < -0.3 is 14.8 Å². The number of rotatable bonds is 3. The second kappa shape index (κ2) is 7.46. The summed E-state index contributed by atoms with van der Waals surface area (Å²) in [5, 5.41) is 5.43. The lowest BCUT2D eigenvalue weighted by atomic mass is 9.91. The van der Waals surface area contributed by atoms with E-state index in [2.05, 4.69) is 21.3 Å². The van der Waals surface area contributed by atoms with Crippen LogP contribution in [0.25, 0.3) is 10.2 Å². The number of nitrogens with zero attached hydrogens (tertiary/aromatic N) is 2. The van der Waals surface area contributed by atoms with Crippen molar-refractivity contribution in [2.45, 2.75) is 95.3 Å². The molecule has 6 heteroatoms. The summed E-state index contributed by atoms with van der Waals surface area (Å²) in [6.45, 7) is 2.54. The molecule has 5 rings (SSSR count). The average molecular weight is 414 g/mol. The third-order valence-corrected chi connectivity index (χ3v) is 8.18. The molecule has 1 aliphatic heterocycles. The molecule has 1 N–H and O–H groups in total. The van der Waals surface area contributed by atoms with Crippen LogP contribution in [0.4, 0.5) is 0 Å². The number of carbonyl (C=O) groups excluding carboxylic acids is 2. The lowest BCUT2D eigenvalue weighted by Gasteiger charge is -2.47. The van der Waals surface area contributed by atoms with Crippen LogP contribution in [0.2, 0.25) is 0 Å². The van der Waals surface area contributed by atoms with Crippen molar-refractivity contribution in [2.24, 2.45) is 0 Å². The predicted molar refractivity (Wildman–Crippen MR) is 116 cm³/mol. The molecular weight excluding hydrogens is 382 g/mol. The minimum absolute atomic E-state index is 0.0325. The number of carbonyl (C=O) groups is 2. The van der Waals surface area contributed by atoms with Gasteiger partial charge in [-0.15, -0.1) is 11.3 Å². The van der Waals surface area contributed by atoms with E-state index in [0.29, 0.717) is 6.54 Å². The zero-order valence-corrected chi connectivity index (χ0v) is 18.1. The summed E-state index contributed by atoms with van der Waals surface area (Å²) in [6, 6.07) is 4.52. The number of hydrogen-bond acceptors (Lipinski definition) is 3. The van der Waals surface area contributed by atoms with E-state index in [1.165, 1.54) is 25.7 Å². The summed E-state index contributed by atoms with van der Waals surface area (Å²) < 4.78 is 3.22. The molecule has 2 fully saturated rings. The Labute approximate surface area is 176 Å². The molecule has 0 bridgehead atoms. The van der Waals surface area contributed by atoms with Crippen molar-refractivity contribution in [3.63, 3.8) is 0 Å². The maximum atomic E-state index is 13.7. The molecule has 0 aromatic carbocycles. The fraction of sp³-hybridized carbons (Fsp3) is 0.652. The van der Waals surface area contributed by atoms with Crippen LogP contribution in [0.1, 0.15) is 81.6 Å². The lowest BCUT2D eigenvalue weighted by Crippen LogP contribution is -2.67. The van der Waals surface area contributed by atoms with Crippen LogP contribution in [0.5, 0.6) is 0 Å². The summed E-state index contributed by atoms with van der Waals surface area (Å²) in [7, 11) is 0. The van der Waals surface area contributed by atoms with E-state index in [4.69, 9.17) is 0 Å². The van der Waals surface area contributed by atoms with Crippen molar-refractivity contribution in [1.29, 1.82) is 0 Å². The van der Waals surface area contributed by atoms with Crippen LogP contribution in [0.3, 0.4) is 0 Å². The highest BCUT2D eigenvalue weighted by Crippen LogP contribution is 2.39. The normalized spacial score (nSPS) is 26.7. The fourth-order valence-electron chi connectivity index (χ4n) is 5.73. The molecule has 2 saturated carbocycles. The monoisotopic (exact) mass is 413 g/mol. The summed E-state index contributed by atoms with van der Waals surface area (Å²) in [5.41, 5.74) is 0.996. The number of nitrogens with one attached hydrogen (secondary N) is 1. The van der Waals surface area contributed by atoms with Crippen LogP contribution >= 0.6 is 11.3 Å². The second-order valence-corrected chi connectivity index (χ2v) is 10.3. The van der Waals surface area contributed by atoms with Crippen molar-refractivity contribution in [3.8, 4) is 0 Å². The van der Waals surface area contributed by atoms with E-state index in [9.17, 15) is 9.59 Å². The molecule has 3 aliphatic rings. The molecule has 0 saturated heterocycles. The van der Waals surface area contributed by atoms with E-state index >= 15 is 0 Å². The van der Waals surface area contributed by atoms with Crippen LogP contribution < -0.4 is 5.32 Å². The van der Waals surface area contributed by atoms with Crippen molar-refractivity contribution in [2.75, 3.05) is 0 Å². The molecule has 0 spiro atoms. The average Bonchev–Trinajstić information content (AvgIpc) is 3.39. The fourth-order valence-corrected chi connectivity index (χ4v) is 6.56. The van der Waals surface area contributed by atoms with Crippen molar-refractivity contribution in [3.05, 3.63) is 23.2 Å². The second-order valence-electron chi connectivity index (χ2n) is 9.34. The minimum atomic E-state index is -0.834. The molecular formula is C23H31N3O2S. The molecule has 3 heterocycles. The number of hydrogen-bond donors (Lipinski definition) is 1. The van der Waals surface area contributed by atoms with Gasteiger partial charge in [0.15, 0.2) is 0 Å². The first kappa shape index (κ1) is 19.2. The summed E-state index contributed by atoms with van der Waals surface area (Å²) in [6.07, 6.45) is 11.3. The zero-order chi connectivity index (χ0) is 20.0. The number of fused-ring (bicyclic) bond motifs is 3. The lowest BCUT2D eigenvalue weighted by molar-refractivity contribution is -0.135. The first-order valence-corrected chi connectivity index (χ1v) is 12.2. The largest absolute Gasteiger partial charge is 0.351 e. The molecule has 2 aliphatic carbocycles. The van der Waals surface area contributed by atoms with Crippen molar-refractivity contribution >= 4 is 33.4 Å². The summed E-state index contributed by atoms with van der Waals surface area (Å²) in [4.78, 5) is 29.3. The summed E-state index contributed by atoms with van der Waals surface area (Å²) >= 11 is 1.66. The molecule has 0 radical (unpaired) electrons. The van der Waals surface area contributed by atoms with E-state index in [0.717, 1.165) is 54.4 Å².